The Morgan fingerprint density at radius 3 is 2.25 bits per heavy atom. The number of allylic oxidation sites excluding steroid dienone is 1. The highest BCUT2D eigenvalue weighted by molar-refractivity contribution is 7.89. The van der Waals surface area contributed by atoms with E-state index >= 15 is 0 Å². The zero-order chi connectivity index (χ0) is 23.2. The van der Waals surface area contributed by atoms with E-state index in [0.29, 0.717) is 0 Å². The highest BCUT2D eigenvalue weighted by Crippen LogP contribution is 2.25. The van der Waals surface area contributed by atoms with Gasteiger partial charge in [0, 0.05) is 12.0 Å². The third kappa shape index (κ3) is 8.65. The standard InChI is InChI=1S/C28H37NO2S/c1-4-6-8-10-13-17-25(16-12-9-7-5-2)28(26-18-14-11-15-19-26)29-32(30,31)27-22-20-24(3)21-23-27/h11,14-16,18-23,28-29H,4-10,12H2,1-3H3/b25-16-/t28-/m1/s1. The van der Waals surface area contributed by atoms with Gasteiger partial charge in [-0.15, -0.1) is 0 Å². The van der Waals surface area contributed by atoms with Crippen molar-refractivity contribution in [1.29, 1.82) is 0 Å². The van der Waals surface area contributed by atoms with Gasteiger partial charge in [-0.3, -0.25) is 0 Å². The summed E-state index contributed by atoms with van der Waals surface area (Å²) in [5.41, 5.74) is 2.75. The van der Waals surface area contributed by atoms with Crippen LogP contribution in [-0.4, -0.2) is 8.42 Å². The highest BCUT2D eigenvalue weighted by atomic mass is 32.2. The van der Waals surface area contributed by atoms with Crippen molar-refractivity contribution in [2.45, 2.75) is 83.1 Å². The van der Waals surface area contributed by atoms with E-state index in [4.69, 9.17) is 0 Å². The van der Waals surface area contributed by atoms with E-state index in [1.165, 1.54) is 0 Å². The van der Waals surface area contributed by atoms with Crippen molar-refractivity contribution in [2.24, 2.45) is 0 Å². The zero-order valence-corrected chi connectivity index (χ0v) is 20.5. The molecule has 2 aromatic rings. The van der Waals surface area contributed by atoms with E-state index in [2.05, 4.69) is 36.5 Å². The number of hydrogen-bond acceptors (Lipinski definition) is 2. The molecule has 0 fully saturated rings. The number of benzene rings is 2. The molecule has 0 heterocycles. The number of sulfonamides is 1. The Morgan fingerprint density at radius 2 is 1.59 bits per heavy atom. The molecule has 0 bridgehead atoms. The van der Waals surface area contributed by atoms with E-state index in [1.807, 2.05) is 49.4 Å². The summed E-state index contributed by atoms with van der Waals surface area (Å²) in [6, 6.07) is 16.2. The highest BCUT2D eigenvalue weighted by Gasteiger charge is 2.23. The fourth-order valence-electron chi connectivity index (χ4n) is 3.42. The molecule has 0 radical (unpaired) electrons. The Kier molecular flexibility index (Phi) is 11.3. The van der Waals surface area contributed by atoms with Crippen LogP contribution in [0.5, 0.6) is 0 Å². The van der Waals surface area contributed by atoms with Crippen molar-refractivity contribution < 1.29 is 8.42 Å². The molecule has 1 atom stereocenters. The second-order valence-corrected chi connectivity index (χ2v) is 9.91. The number of aryl methyl sites for hydroxylation is 1. The smallest absolute Gasteiger partial charge is 0.207 e. The van der Waals surface area contributed by atoms with Crippen LogP contribution >= 0.6 is 0 Å². The van der Waals surface area contributed by atoms with Crippen LogP contribution in [0, 0.1) is 18.8 Å². The van der Waals surface area contributed by atoms with Crippen LogP contribution in [0.1, 0.15) is 82.4 Å². The van der Waals surface area contributed by atoms with Crippen LogP contribution in [-0.2, 0) is 10.0 Å². The maximum absolute atomic E-state index is 13.2. The topological polar surface area (TPSA) is 46.2 Å². The van der Waals surface area contributed by atoms with Crippen LogP contribution in [0.25, 0.3) is 0 Å². The molecule has 0 saturated carbocycles. The fourth-order valence-corrected chi connectivity index (χ4v) is 4.62. The predicted octanol–water partition coefficient (Wildman–Crippen LogP) is 7.11. The Hall–Kier alpha value is -2.35. The molecule has 3 nitrogen and oxygen atoms in total. The van der Waals surface area contributed by atoms with Crippen molar-refractivity contribution in [3.05, 3.63) is 77.4 Å². The van der Waals surface area contributed by atoms with E-state index in [-0.39, 0.29) is 4.90 Å². The summed E-state index contributed by atoms with van der Waals surface area (Å²) in [6.07, 6.45) is 10.6. The predicted molar refractivity (Wildman–Crippen MR) is 135 cm³/mol. The molecule has 2 rings (SSSR count). The number of unbranched alkanes of at least 4 members (excludes halogenated alkanes) is 6. The molecule has 0 unspecified atom stereocenters. The monoisotopic (exact) mass is 451 g/mol. The van der Waals surface area contributed by atoms with Gasteiger partial charge in [-0.1, -0.05) is 105 Å². The SMILES string of the molecule is CCCCCC#C/C(=C/CCCCC)[C@@H](NS(=O)(=O)c1ccc(C)cc1)c1ccccc1. The molecule has 0 spiro atoms. The summed E-state index contributed by atoms with van der Waals surface area (Å²) >= 11 is 0. The van der Waals surface area contributed by atoms with Crippen LogP contribution < -0.4 is 4.72 Å². The van der Waals surface area contributed by atoms with Gasteiger partial charge in [0.15, 0.2) is 0 Å². The summed E-state index contributed by atoms with van der Waals surface area (Å²) in [5.74, 6) is 6.61. The summed E-state index contributed by atoms with van der Waals surface area (Å²) < 4.78 is 29.4. The van der Waals surface area contributed by atoms with Crippen molar-refractivity contribution in [2.75, 3.05) is 0 Å². The molecular weight excluding hydrogens is 414 g/mol. The number of nitrogens with one attached hydrogen (secondary N) is 1. The Bertz CT molecular complexity index is 997. The lowest BCUT2D eigenvalue weighted by molar-refractivity contribution is 0.572. The van der Waals surface area contributed by atoms with Gasteiger partial charge in [0.05, 0.1) is 10.9 Å². The minimum absolute atomic E-state index is 0.269. The second-order valence-electron chi connectivity index (χ2n) is 8.19. The Balaban J connectivity index is 2.39. The third-order valence-corrected chi connectivity index (χ3v) is 6.80. The average Bonchev–Trinajstić information content (AvgIpc) is 2.80. The average molecular weight is 452 g/mol. The van der Waals surface area contributed by atoms with Crippen LogP contribution in [0.15, 0.2) is 71.1 Å². The molecule has 172 valence electrons. The molecule has 0 aromatic heterocycles. The maximum atomic E-state index is 13.2. The van der Waals surface area contributed by atoms with Gasteiger partial charge in [0.1, 0.15) is 0 Å². The van der Waals surface area contributed by atoms with Crippen molar-refractivity contribution in [1.82, 2.24) is 4.72 Å². The molecule has 4 heteroatoms. The van der Waals surface area contributed by atoms with E-state index in [9.17, 15) is 8.42 Å². The van der Waals surface area contributed by atoms with Gasteiger partial charge in [-0.25, -0.2) is 8.42 Å². The van der Waals surface area contributed by atoms with Crippen molar-refractivity contribution in [3.63, 3.8) is 0 Å². The molecule has 0 aliphatic heterocycles. The number of rotatable bonds is 12. The molecule has 32 heavy (non-hydrogen) atoms. The minimum Gasteiger partial charge on any atom is -0.207 e. The molecule has 0 amide bonds. The van der Waals surface area contributed by atoms with E-state index in [0.717, 1.165) is 68.1 Å². The lowest BCUT2D eigenvalue weighted by Gasteiger charge is -2.20. The molecule has 0 aliphatic carbocycles. The van der Waals surface area contributed by atoms with Gasteiger partial charge in [0.2, 0.25) is 10.0 Å². The zero-order valence-electron chi connectivity index (χ0n) is 19.7. The first-order chi connectivity index (χ1) is 15.5. The first-order valence-electron chi connectivity index (χ1n) is 11.8. The minimum atomic E-state index is -3.70. The molecule has 0 saturated heterocycles. The third-order valence-electron chi connectivity index (χ3n) is 5.36. The maximum Gasteiger partial charge on any atom is 0.241 e. The quantitative estimate of drug-likeness (QED) is 0.276. The first kappa shape index (κ1) is 25.9. The summed E-state index contributed by atoms with van der Waals surface area (Å²) in [4.78, 5) is 0.269. The first-order valence-corrected chi connectivity index (χ1v) is 13.3. The van der Waals surface area contributed by atoms with Gasteiger partial charge in [-0.2, -0.15) is 4.72 Å². The lowest BCUT2D eigenvalue weighted by atomic mass is 9.98. The molecule has 0 aliphatic rings. The van der Waals surface area contributed by atoms with Crippen LogP contribution in [0.4, 0.5) is 0 Å². The van der Waals surface area contributed by atoms with Crippen LogP contribution in [0.2, 0.25) is 0 Å². The van der Waals surface area contributed by atoms with Crippen molar-refractivity contribution in [3.8, 4) is 11.8 Å². The largest absolute Gasteiger partial charge is 0.241 e. The second kappa shape index (κ2) is 13.9. The van der Waals surface area contributed by atoms with Crippen LogP contribution in [0.3, 0.4) is 0 Å². The van der Waals surface area contributed by atoms with Crippen molar-refractivity contribution >= 4 is 10.0 Å². The van der Waals surface area contributed by atoms with E-state index < -0.39 is 16.1 Å². The summed E-state index contributed by atoms with van der Waals surface area (Å²) in [7, 11) is -3.70. The van der Waals surface area contributed by atoms with Gasteiger partial charge in [-0.05, 0) is 43.9 Å². The molecule has 2 aromatic carbocycles. The summed E-state index contributed by atoms with van der Waals surface area (Å²) in [5, 5.41) is 0. The van der Waals surface area contributed by atoms with Gasteiger partial charge >= 0.3 is 0 Å². The normalized spacial score (nSPS) is 12.8. The molecule has 1 N–H and O–H groups in total. The van der Waals surface area contributed by atoms with E-state index in [1.54, 1.807) is 12.1 Å². The molecular formula is C28H37NO2S. The van der Waals surface area contributed by atoms with Gasteiger partial charge in [0.25, 0.3) is 0 Å². The number of hydrogen-bond donors (Lipinski definition) is 1. The Labute approximate surface area is 195 Å². The van der Waals surface area contributed by atoms with Gasteiger partial charge < -0.3 is 0 Å². The summed E-state index contributed by atoms with van der Waals surface area (Å²) in [6.45, 7) is 6.31. The fraction of sp³-hybridized carbons (Fsp3) is 0.429. The lowest BCUT2D eigenvalue weighted by Crippen LogP contribution is -2.30. The Morgan fingerprint density at radius 1 is 0.938 bits per heavy atom.